The van der Waals surface area contributed by atoms with Gasteiger partial charge in [-0.05, 0) is 12.8 Å². The minimum Gasteiger partial charge on any atom is -0.396 e. The molecule has 4 nitrogen and oxygen atoms in total. The summed E-state index contributed by atoms with van der Waals surface area (Å²) in [4.78, 5) is 11.5. The minimum atomic E-state index is -0.476. The molecule has 0 saturated heterocycles. The van der Waals surface area contributed by atoms with E-state index in [9.17, 15) is 4.79 Å². The van der Waals surface area contributed by atoms with E-state index < -0.39 is 6.04 Å². The highest BCUT2D eigenvalue weighted by Gasteiger charge is 2.09. The fourth-order valence-electron chi connectivity index (χ4n) is 3.31. The van der Waals surface area contributed by atoms with Gasteiger partial charge in [0.2, 0.25) is 5.91 Å². The van der Waals surface area contributed by atoms with Gasteiger partial charge >= 0.3 is 0 Å². The first-order valence-corrected chi connectivity index (χ1v) is 12.1. The van der Waals surface area contributed by atoms with Gasteiger partial charge in [-0.2, -0.15) is 12.6 Å². The maximum atomic E-state index is 11.5. The van der Waals surface area contributed by atoms with Crippen molar-refractivity contribution in [3.05, 3.63) is 0 Å². The predicted octanol–water partition coefficient (Wildman–Crippen LogP) is 4.98. The Bertz CT molecular complexity index is 317. The lowest BCUT2D eigenvalue weighted by atomic mass is 10.0. The molecule has 4 N–H and O–H groups in total. The lowest BCUT2D eigenvalue weighted by Crippen LogP contribution is -2.42. The molecule has 0 fully saturated rings. The monoisotopic (exact) mass is 402 g/mol. The van der Waals surface area contributed by atoms with E-state index in [4.69, 9.17) is 10.8 Å². The largest absolute Gasteiger partial charge is 0.396 e. The zero-order valence-corrected chi connectivity index (χ0v) is 18.5. The van der Waals surface area contributed by atoms with Crippen molar-refractivity contribution in [2.45, 2.75) is 115 Å². The summed E-state index contributed by atoms with van der Waals surface area (Å²) >= 11 is 4.03. The molecule has 1 unspecified atom stereocenters. The second-order valence-electron chi connectivity index (χ2n) is 7.81. The van der Waals surface area contributed by atoms with Gasteiger partial charge in [0.25, 0.3) is 0 Å². The van der Waals surface area contributed by atoms with Crippen LogP contribution in [0.3, 0.4) is 0 Å². The van der Waals surface area contributed by atoms with Crippen LogP contribution < -0.4 is 11.1 Å². The molecular formula is C22H46N2O2S. The Morgan fingerprint density at radius 2 is 1.04 bits per heavy atom. The van der Waals surface area contributed by atoms with Gasteiger partial charge in [0.1, 0.15) is 0 Å². The van der Waals surface area contributed by atoms with Crippen LogP contribution in [0.2, 0.25) is 0 Å². The number of hydrogen-bond acceptors (Lipinski definition) is 4. The first kappa shape index (κ1) is 26.7. The smallest absolute Gasteiger partial charge is 0.237 e. The molecule has 27 heavy (non-hydrogen) atoms. The molecule has 162 valence electrons. The summed E-state index contributed by atoms with van der Waals surface area (Å²) in [5.74, 6) is 0.320. The zero-order chi connectivity index (χ0) is 20.0. The van der Waals surface area contributed by atoms with Crippen molar-refractivity contribution in [2.24, 2.45) is 5.73 Å². The summed E-state index contributed by atoms with van der Waals surface area (Å²) in [6.45, 7) is 1.09. The number of carbonyl (C=O) groups is 1. The first-order valence-electron chi connectivity index (χ1n) is 11.5. The Hall–Kier alpha value is -0.260. The highest BCUT2D eigenvalue weighted by molar-refractivity contribution is 7.80. The molecule has 0 heterocycles. The number of aliphatic hydroxyl groups excluding tert-OH is 1. The van der Waals surface area contributed by atoms with Gasteiger partial charge in [0, 0.05) is 18.9 Å². The standard InChI is InChI=1S/C22H46N2O2S/c23-21(20-27)22(26)24-18-16-14-12-10-8-6-4-2-1-3-5-7-9-11-13-15-17-19-25/h21,25,27H,1-20,23H2,(H,24,26). The van der Waals surface area contributed by atoms with E-state index in [-0.39, 0.29) is 5.91 Å². The van der Waals surface area contributed by atoms with Crippen LogP contribution in [0.5, 0.6) is 0 Å². The molecule has 0 radical (unpaired) electrons. The fourth-order valence-corrected chi connectivity index (χ4v) is 3.48. The maximum Gasteiger partial charge on any atom is 0.237 e. The highest BCUT2D eigenvalue weighted by Crippen LogP contribution is 2.13. The summed E-state index contributed by atoms with van der Waals surface area (Å²) in [6.07, 6.45) is 22.1. The quantitative estimate of drug-likeness (QED) is 0.161. The molecule has 0 saturated carbocycles. The van der Waals surface area contributed by atoms with Gasteiger partial charge < -0.3 is 16.2 Å². The molecule has 0 rings (SSSR count). The van der Waals surface area contributed by atoms with Crippen LogP contribution in [0.4, 0.5) is 0 Å². The molecule has 1 amide bonds. The third-order valence-electron chi connectivity index (χ3n) is 5.17. The normalized spacial score (nSPS) is 12.3. The predicted molar refractivity (Wildman–Crippen MR) is 120 cm³/mol. The molecule has 5 heteroatoms. The third kappa shape index (κ3) is 20.3. The SMILES string of the molecule is NC(CS)C(=O)NCCCCCCCCCCCCCCCCCCCO. The van der Waals surface area contributed by atoms with Crippen LogP contribution in [-0.2, 0) is 4.79 Å². The molecule has 1 atom stereocenters. The Labute approximate surface area is 173 Å². The van der Waals surface area contributed by atoms with E-state index in [0.29, 0.717) is 12.4 Å². The zero-order valence-electron chi connectivity index (χ0n) is 17.6. The number of thiol groups is 1. The van der Waals surface area contributed by atoms with Crippen LogP contribution in [0.1, 0.15) is 109 Å². The number of amides is 1. The van der Waals surface area contributed by atoms with Crippen molar-refractivity contribution in [2.75, 3.05) is 18.9 Å². The molecule has 0 aromatic rings. The third-order valence-corrected chi connectivity index (χ3v) is 5.56. The summed E-state index contributed by atoms with van der Waals surface area (Å²) in [6, 6.07) is -0.476. The fraction of sp³-hybridized carbons (Fsp3) is 0.955. The summed E-state index contributed by atoms with van der Waals surface area (Å²) in [7, 11) is 0. The first-order chi connectivity index (χ1) is 13.2. The number of hydrogen-bond donors (Lipinski definition) is 4. The number of nitrogens with two attached hydrogens (primary N) is 1. The van der Waals surface area contributed by atoms with Gasteiger partial charge in [-0.1, -0.05) is 96.3 Å². The van der Waals surface area contributed by atoms with Crippen LogP contribution in [0.15, 0.2) is 0 Å². The van der Waals surface area contributed by atoms with Gasteiger partial charge in [0.05, 0.1) is 6.04 Å². The van der Waals surface area contributed by atoms with E-state index in [1.165, 1.54) is 96.3 Å². The van der Waals surface area contributed by atoms with Crippen LogP contribution in [0, 0.1) is 0 Å². The van der Waals surface area contributed by atoms with E-state index in [1.807, 2.05) is 0 Å². The Balaban J connectivity index is 3.08. The number of aliphatic hydroxyl groups is 1. The Kier molecular flexibility index (Phi) is 21.8. The van der Waals surface area contributed by atoms with E-state index >= 15 is 0 Å². The molecule has 0 aliphatic rings. The average molecular weight is 403 g/mol. The summed E-state index contributed by atoms with van der Waals surface area (Å²) < 4.78 is 0. The van der Waals surface area contributed by atoms with Crippen molar-refractivity contribution in [1.82, 2.24) is 5.32 Å². The lowest BCUT2D eigenvalue weighted by molar-refractivity contribution is -0.121. The summed E-state index contributed by atoms with van der Waals surface area (Å²) in [5.41, 5.74) is 5.60. The summed E-state index contributed by atoms with van der Waals surface area (Å²) in [5, 5.41) is 11.6. The van der Waals surface area contributed by atoms with Crippen LogP contribution in [-0.4, -0.2) is 36.0 Å². The topological polar surface area (TPSA) is 75.4 Å². The van der Waals surface area contributed by atoms with Crippen LogP contribution >= 0.6 is 12.6 Å². The van der Waals surface area contributed by atoms with E-state index in [1.54, 1.807) is 0 Å². The van der Waals surface area contributed by atoms with Crippen molar-refractivity contribution in [1.29, 1.82) is 0 Å². The maximum absolute atomic E-state index is 11.5. The van der Waals surface area contributed by atoms with E-state index in [0.717, 1.165) is 19.4 Å². The van der Waals surface area contributed by atoms with Crippen molar-refractivity contribution in [3.8, 4) is 0 Å². The number of unbranched alkanes of at least 4 members (excludes halogenated alkanes) is 16. The van der Waals surface area contributed by atoms with Gasteiger partial charge in [-0.15, -0.1) is 0 Å². The molecule has 0 aromatic carbocycles. The molecule has 0 bridgehead atoms. The lowest BCUT2D eigenvalue weighted by Gasteiger charge is -2.09. The molecule has 0 aliphatic heterocycles. The second-order valence-corrected chi connectivity index (χ2v) is 8.18. The number of rotatable bonds is 21. The van der Waals surface area contributed by atoms with Crippen molar-refractivity contribution >= 4 is 18.5 Å². The number of nitrogens with one attached hydrogen (secondary N) is 1. The van der Waals surface area contributed by atoms with Gasteiger partial charge in [0.15, 0.2) is 0 Å². The second kappa shape index (κ2) is 22.0. The van der Waals surface area contributed by atoms with Crippen LogP contribution in [0.25, 0.3) is 0 Å². The number of carbonyl (C=O) groups excluding carboxylic acids is 1. The average Bonchev–Trinajstić information content (AvgIpc) is 2.68. The minimum absolute atomic E-state index is 0.0805. The van der Waals surface area contributed by atoms with Gasteiger partial charge in [-0.25, -0.2) is 0 Å². The van der Waals surface area contributed by atoms with Gasteiger partial charge in [-0.3, -0.25) is 4.79 Å². The van der Waals surface area contributed by atoms with Crippen molar-refractivity contribution < 1.29 is 9.90 Å². The van der Waals surface area contributed by atoms with E-state index in [2.05, 4.69) is 17.9 Å². The molecular weight excluding hydrogens is 356 g/mol. The highest BCUT2D eigenvalue weighted by atomic mass is 32.1. The molecule has 0 spiro atoms. The Morgan fingerprint density at radius 3 is 1.37 bits per heavy atom. The van der Waals surface area contributed by atoms with Crippen molar-refractivity contribution in [3.63, 3.8) is 0 Å². The molecule has 0 aliphatic carbocycles. The molecule has 0 aromatic heterocycles. The Morgan fingerprint density at radius 1 is 0.704 bits per heavy atom.